The van der Waals surface area contributed by atoms with Gasteiger partial charge in [-0.2, -0.15) is 0 Å². The third kappa shape index (κ3) is 2.18. The Balaban J connectivity index is 1.67. The van der Waals surface area contributed by atoms with Gasteiger partial charge >= 0.3 is 0 Å². The first-order valence-electron chi connectivity index (χ1n) is 7.14. The number of alkyl halides is 1. The van der Waals surface area contributed by atoms with Crippen LogP contribution in [0.1, 0.15) is 48.2 Å². The fraction of sp³-hybridized carbons (Fsp3) is 0.733. The van der Waals surface area contributed by atoms with Crippen molar-refractivity contribution < 1.29 is 0 Å². The first-order chi connectivity index (χ1) is 9.06. The van der Waals surface area contributed by atoms with Crippen molar-refractivity contribution in [2.75, 3.05) is 0 Å². The van der Waals surface area contributed by atoms with Crippen molar-refractivity contribution in [3.8, 4) is 0 Å². The van der Waals surface area contributed by atoms with Crippen molar-refractivity contribution in [2.24, 2.45) is 23.2 Å². The van der Waals surface area contributed by atoms with Crippen molar-refractivity contribution >= 4 is 54.8 Å². The number of thiophene rings is 1. The van der Waals surface area contributed by atoms with Crippen LogP contribution >= 0.6 is 54.8 Å². The van der Waals surface area contributed by atoms with Gasteiger partial charge in [-0.15, -0.1) is 11.3 Å². The highest BCUT2D eigenvalue weighted by atomic mass is 79.9. The van der Waals surface area contributed by atoms with Crippen molar-refractivity contribution in [2.45, 2.75) is 43.4 Å². The summed E-state index contributed by atoms with van der Waals surface area (Å²) < 4.78 is 1.08. The van der Waals surface area contributed by atoms with E-state index in [9.17, 15) is 0 Å². The summed E-state index contributed by atoms with van der Waals surface area (Å²) in [6, 6.07) is 2.16. The minimum absolute atomic E-state index is 0.502. The van der Waals surface area contributed by atoms with Crippen molar-refractivity contribution in [1.29, 1.82) is 0 Å². The summed E-state index contributed by atoms with van der Waals surface area (Å²) in [6.45, 7) is 0. The monoisotopic (exact) mass is 422 g/mol. The fourth-order valence-electron chi connectivity index (χ4n) is 5.28. The van der Waals surface area contributed by atoms with Gasteiger partial charge in [0.05, 0.1) is 13.6 Å². The van der Waals surface area contributed by atoms with Crippen molar-refractivity contribution in [3.63, 3.8) is 0 Å². The van der Waals surface area contributed by atoms with Crippen LogP contribution in [0.4, 0.5) is 0 Å². The third-order valence-corrected chi connectivity index (χ3v) is 9.84. The van der Waals surface area contributed by atoms with Gasteiger partial charge in [-0.3, -0.25) is 0 Å². The molecule has 1 unspecified atom stereocenters. The van der Waals surface area contributed by atoms with Crippen LogP contribution in [0.15, 0.2) is 9.85 Å². The molecule has 5 rings (SSSR count). The second-order valence-electron chi connectivity index (χ2n) is 6.91. The lowest BCUT2D eigenvalue weighted by Gasteiger charge is -2.58. The Bertz CT molecular complexity index is 455. The Labute approximate surface area is 140 Å². The molecule has 0 spiro atoms. The van der Waals surface area contributed by atoms with E-state index in [1.807, 2.05) is 11.3 Å². The molecule has 4 bridgehead atoms. The molecule has 4 aliphatic rings. The summed E-state index contributed by atoms with van der Waals surface area (Å²) in [5.74, 6) is 3.01. The molecule has 1 heterocycles. The van der Waals surface area contributed by atoms with Crippen LogP contribution in [0, 0.1) is 23.2 Å². The maximum atomic E-state index is 6.22. The summed E-state index contributed by atoms with van der Waals surface area (Å²) in [6.07, 6.45) is 8.82. The second-order valence-corrected chi connectivity index (χ2v) is 10.6. The zero-order valence-electron chi connectivity index (χ0n) is 10.7. The molecule has 0 nitrogen and oxygen atoms in total. The maximum absolute atomic E-state index is 6.22. The molecular formula is C15H17Br2ClS. The lowest BCUT2D eigenvalue weighted by molar-refractivity contribution is -0.0524. The molecule has 0 N–H and O–H groups in total. The number of hydrogen-bond donors (Lipinski definition) is 0. The van der Waals surface area contributed by atoms with Gasteiger partial charge in [-0.1, -0.05) is 27.5 Å². The molecular weight excluding hydrogens is 407 g/mol. The van der Waals surface area contributed by atoms with Gasteiger partial charge in [0.1, 0.15) is 0 Å². The molecule has 4 saturated carbocycles. The molecule has 4 heteroatoms. The third-order valence-electron chi connectivity index (χ3n) is 5.54. The van der Waals surface area contributed by atoms with Gasteiger partial charge in [-0.05, 0) is 83.7 Å². The largest absolute Gasteiger partial charge is 0.130 e. The summed E-state index contributed by atoms with van der Waals surface area (Å²) in [5, 5.41) is 0.870. The van der Waals surface area contributed by atoms with E-state index >= 15 is 0 Å². The summed E-state index contributed by atoms with van der Waals surface area (Å²) in [7, 11) is 0. The van der Waals surface area contributed by atoms with E-state index in [4.69, 9.17) is 11.6 Å². The highest BCUT2D eigenvalue weighted by molar-refractivity contribution is 9.11. The van der Waals surface area contributed by atoms with E-state index in [1.165, 1.54) is 43.4 Å². The fourth-order valence-corrected chi connectivity index (χ4v) is 8.12. The van der Waals surface area contributed by atoms with Crippen molar-refractivity contribution in [3.05, 3.63) is 19.8 Å². The summed E-state index contributed by atoms with van der Waals surface area (Å²) in [5.41, 5.74) is 0.516. The first-order valence-corrected chi connectivity index (χ1v) is 10.0. The Morgan fingerprint density at radius 2 is 1.68 bits per heavy atom. The Kier molecular flexibility index (Phi) is 3.38. The predicted molar refractivity (Wildman–Crippen MR) is 89.3 cm³/mol. The van der Waals surface area contributed by atoms with E-state index in [0.29, 0.717) is 10.2 Å². The van der Waals surface area contributed by atoms with Crippen LogP contribution in [0.3, 0.4) is 0 Å². The maximum Gasteiger partial charge on any atom is 0.0887 e. The number of hydrogen-bond acceptors (Lipinski definition) is 1. The van der Waals surface area contributed by atoms with Gasteiger partial charge < -0.3 is 0 Å². The lowest BCUT2D eigenvalue weighted by atomic mass is 9.49. The average Bonchev–Trinajstić information content (AvgIpc) is 2.67. The molecule has 19 heavy (non-hydrogen) atoms. The van der Waals surface area contributed by atoms with Gasteiger partial charge in [0.25, 0.3) is 0 Å². The second kappa shape index (κ2) is 4.72. The van der Waals surface area contributed by atoms with Crippen LogP contribution in [0.25, 0.3) is 0 Å². The molecule has 104 valence electrons. The minimum Gasteiger partial charge on any atom is -0.130 e. The molecule has 1 atom stereocenters. The standard InChI is InChI=1S/C15H17Br2ClS/c16-13(12-4-11(18)14(17)19-12)15-5-8-1-9(6-15)3-10(2-8)7-15/h4,8-10,13H,1-3,5-7H2. The number of halogens is 3. The van der Waals surface area contributed by atoms with Crippen molar-refractivity contribution in [1.82, 2.24) is 0 Å². The zero-order chi connectivity index (χ0) is 13.2. The van der Waals surface area contributed by atoms with E-state index in [-0.39, 0.29) is 0 Å². The topological polar surface area (TPSA) is 0 Å². The van der Waals surface area contributed by atoms with Crippen LogP contribution in [0.5, 0.6) is 0 Å². The quantitative estimate of drug-likeness (QED) is 0.457. The van der Waals surface area contributed by atoms with E-state index in [0.717, 1.165) is 26.6 Å². The highest BCUT2D eigenvalue weighted by Crippen LogP contribution is 2.66. The molecule has 4 fully saturated rings. The molecule has 0 aromatic carbocycles. The summed E-state index contributed by atoms with van der Waals surface area (Å²) >= 11 is 15.6. The zero-order valence-corrected chi connectivity index (χ0v) is 15.4. The van der Waals surface area contributed by atoms with Crippen LogP contribution in [-0.4, -0.2) is 0 Å². The van der Waals surface area contributed by atoms with Gasteiger partial charge in [0, 0.05) is 4.88 Å². The SMILES string of the molecule is Clc1cc(C(Br)C23CC4CC(CC(C4)C2)C3)sc1Br. The molecule has 0 saturated heterocycles. The molecule has 4 aliphatic carbocycles. The molecule has 0 amide bonds. The van der Waals surface area contributed by atoms with Crippen LogP contribution in [0.2, 0.25) is 5.02 Å². The molecule has 1 aromatic heterocycles. The minimum atomic E-state index is 0.502. The van der Waals surface area contributed by atoms with Crippen LogP contribution in [-0.2, 0) is 0 Å². The lowest BCUT2D eigenvalue weighted by Crippen LogP contribution is -2.47. The van der Waals surface area contributed by atoms with Gasteiger partial charge in [-0.25, -0.2) is 0 Å². The van der Waals surface area contributed by atoms with Gasteiger partial charge in [0.15, 0.2) is 0 Å². The first kappa shape index (κ1) is 13.6. The normalized spacial score (nSPS) is 41.7. The highest BCUT2D eigenvalue weighted by Gasteiger charge is 2.54. The molecule has 0 radical (unpaired) electrons. The smallest absolute Gasteiger partial charge is 0.0887 e. The molecule has 1 aromatic rings. The average molecular weight is 425 g/mol. The van der Waals surface area contributed by atoms with Gasteiger partial charge in [0.2, 0.25) is 0 Å². The summed E-state index contributed by atoms with van der Waals surface area (Å²) in [4.78, 5) is 1.92. The van der Waals surface area contributed by atoms with E-state index in [2.05, 4.69) is 37.9 Å². The Morgan fingerprint density at radius 1 is 1.16 bits per heavy atom. The van der Waals surface area contributed by atoms with Crippen LogP contribution < -0.4 is 0 Å². The predicted octanol–water partition coefficient (Wildman–Crippen LogP) is 6.82. The Morgan fingerprint density at radius 3 is 2.11 bits per heavy atom. The van der Waals surface area contributed by atoms with E-state index in [1.54, 1.807) is 0 Å². The molecule has 0 aliphatic heterocycles. The van der Waals surface area contributed by atoms with E-state index < -0.39 is 0 Å². The Hall–Kier alpha value is 0.950. The number of rotatable bonds is 2.